The lowest BCUT2D eigenvalue weighted by atomic mass is 10.4. The zero-order chi connectivity index (χ0) is 10.3. The van der Waals surface area contributed by atoms with Crippen molar-refractivity contribution in [2.45, 2.75) is 13.0 Å². The molecule has 3 N–H and O–H groups in total. The molecule has 0 rings (SSSR count). The van der Waals surface area contributed by atoms with Crippen LogP contribution in [0.25, 0.3) is 0 Å². The van der Waals surface area contributed by atoms with Crippen LogP contribution in [-0.4, -0.2) is 43.4 Å². The molecule has 0 fully saturated rings. The SMILES string of the molecule is COC(C)CNC(=O)NCC(=O)O. The summed E-state index contributed by atoms with van der Waals surface area (Å²) in [6.07, 6.45) is -0.0874. The Morgan fingerprint density at radius 1 is 1.46 bits per heavy atom. The second kappa shape index (κ2) is 6.24. The maximum absolute atomic E-state index is 10.8. The number of aliphatic carboxylic acids is 1. The van der Waals surface area contributed by atoms with Crippen molar-refractivity contribution in [2.24, 2.45) is 0 Å². The number of hydrogen-bond acceptors (Lipinski definition) is 3. The molecule has 1 unspecified atom stereocenters. The Balaban J connectivity index is 3.46. The topological polar surface area (TPSA) is 87.7 Å². The lowest BCUT2D eigenvalue weighted by Gasteiger charge is -2.10. The highest BCUT2D eigenvalue weighted by Gasteiger charge is 2.04. The summed E-state index contributed by atoms with van der Waals surface area (Å²) in [6, 6.07) is -0.508. The molecule has 0 aromatic heterocycles. The van der Waals surface area contributed by atoms with Gasteiger partial charge in [-0.3, -0.25) is 4.79 Å². The first-order valence-electron chi connectivity index (χ1n) is 3.82. The zero-order valence-electron chi connectivity index (χ0n) is 7.66. The van der Waals surface area contributed by atoms with E-state index in [1.54, 1.807) is 6.92 Å². The molecular formula is C7H14N2O4. The summed E-state index contributed by atoms with van der Waals surface area (Å²) in [5.41, 5.74) is 0. The number of amides is 2. The maximum Gasteiger partial charge on any atom is 0.323 e. The molecule has 1 atom stereocenters. The predicted octanol–water partition coefficient (Wildman–Crippen LogP) is -0.595. The number of carboxylic acid groups (broad SMARTS) is 1. The van der Waals surface area contributed by atoms with Gasteiger partial charge >= 0.3 is 12.0 Å². The molecule has 0 aromatic rings. The molecule has 2 amide bonds. The summed E-state index contributed by atoms with van der Waals surface area (Å²) in [7, 11) is 1.53. The minimum absolute atomic E-state index is 0.0874. The van der Waals surface area contributed by atoms with Gasteiger partial charge in [-0.1, -0.05) is 0 Å². The third-order valence-electron chi connectivity index (χ3n) is 1.35. The summed E-state index contributed by atoms with van der Waals surface area (Å²) < 4.78 is 4.87. The van der Waals surface area contributed by atoms with Gasteiger partial charge in [-0.25, -0.2) is 4.79 Å². The zero-order valence-corrected chi connectivity index (χ0v) is 7.66. The Labute approximate surface area is 76.3 Å². The predicted molar refractivity (Wildman–Crippen MR) is 45.5 cm³/mol. The molecule has 0 saturated carbocycles. The number of rotatable bonds is 5. The van der Waals surface area contributed by atoms with E-state index in [0.29, 0.717) is 6.54 Å². The first kappa shape index (κ1) is 11.7. The summed E-state index contributed by atoms with van der Waals surface area (Å²) in [4.78, 5) is 20.9. The van der Waals surface area contributed by atoms with Crippen LogP contribution in [0, 0.1) is 0 Å². The number of ether oxygens (including phenoxy) is 1. The molecule has 0 aliphatic carbocycles. The fraction of sp³-hybridized carbons (Fsp3) is 0.714. The number of nitrogens with one attached hydrogen (secondary N) is 2. The van der Waals surface area contributed by atoms with E-state index in [4.69, 9.17) is 9.84 Å². The molecule has 13 heavy (non-hydrogen) atoms. The van der Waals surface area contributed by atoms with Gasteiger partial charge in [0.2, 0.25) is 0 Å². The second-order valence-corrected chi connectivity index (χ2v) is 2.50. The summed E-state index contributed by atoms with van der Waals surface area (Å²) >= 11 is 0. The number of carbonyl (C=O) groups is 2. The van der Waals surface area contributed by atoms with Gasteiger partial charge in [0.05, 0.1) is 6.10 Å². The van der Waals surface area contributed by atoms with Crippen LogP contribution in [0.15, 0.2) is 0 Å². The van der Waals surface area contributed by atoms with Crippen molar-refractivity contribution in [1.29, 1.82) is 0 Å². The molecule has 0 bridgehead atoms. The number of urea groups is 1. The van der Waals surface area contributed by atoms with Crippen molar-refractivity contribution in [3.63, 3.8) is 0 Å². The van der Waals surface area contributed by atoms with Crippen LogP contribution in [0.4, 0.5) is 4.79 Å². The van der Waals surface area contributed by atoms with Crippen molar-refractivity contribution in [2.75, 3.05) is 20.2 Å². The summed E-state index contributed by atoms with van der Waals surface area (Å²) in [5, 5.41) is 12.8. The molecule has 6 nitrogen and oxygen atoms in total. The minimum atomic E-state index is -1.07. The average Bonchev–Trinajstić information content (AvgIpc) is 2.10. The highest BCUT2D eigenvalue weighted by molar-refractivity contribution is 5.79. The maximum atomic E-state index is 10.8. The fourth-order valence-electron chi connectivity index (χ4n) is 0.538. The molecule has 0 aliphatic rings. The van der Waals surface area contributed by atoms with Gasteiger partial charge in [0, 0.05) is 13.7 Å². The van der Waals surface area contributed by atoms with Gasteiger partial charge in [0.1, 0.15) is 6.54 Å². The molecule has 0 saturated heterocycles. The van der Waals surface area contributed by atoms with Gasteiger partial charge in [-0.05, 0) is 6.92 Å². The Hall–Kier alpha value is -1.30. The van der Waals surface area contributed by atoms with E-state index in [1.165, 1.54) is 7.11 Å². The minimum Gasteiger partial charge on any atom is -0.480 e. The molecule has 6 heteroatoms. The van der Waals surface area contributed by atoms with E-state index in [9.17, 15) is 9.59 Å². The van der Waals surface area contributed by atoms with Gasteiger partial charge in [0.25, 0.3) is 0 Å². The van der Waals surface area contributed by atoms with Gasteiger partial charge in [-0.15, -0.1) is 0 Å². The third-order valence-corrected chi connectivity index (χ3v) is 1.35. The Morgan fingerprint density at radius 2 is 2.08 bits per heavy atom. The lowest BCUT2D eigenvalue weighted by Crippen LogP contribution is -2.41. The van der Waals surface area contributed by atoms with E-state index >= 15 is 0 Å². The average molecular weight is 190 g/mol. The highest BCUT2D eigenvalue weighted by atomic mass is 16.5. The molecule has 0 spiro atoms. The monoisotopic (exact) mass is 190 g/mol. The standard InChI is InChI=1S/C7H14N2O4/c1-5(13-2)3-8-7(12)9-4-6(10)11/h5H,3-4H2,1-2H3,(H,10,11)(H2,8,9,12). The van der Waals surface area contributed by atoms with Crippen molar-refractivity contribution >= 4 is 12.0 Å². The van der Waals surface area contributed by atoms with E-state index in [-0.39, 0.29) is 12.6 Å². The summed E-state index contributed by atoms with van der Waals surface area (Å²) in [6.45, 7) is 1.76. The third kappa shape index (κ3) is 7.07. The first-order valence-corrected chi connectivity index (χ1v) is 3.82. The molecule has 0 aliphatic heterocycles. The Bertz CT molecular complexity index is 183. The first-order chi connectivity index (χ1) is 6.06. The van der Waals surface area contributed by atoms with Crippen molar-refractivity contribution < 1.29 is 19.4 Å². The number of methoxy groups -OCH3 is 1. The van der Waals surface area contributed by atoms with Crippen molar-refractivity contribution in [3.8, 4) is 0 Å². The molecular weight excluding hydrogens is 176 g/mol. The van der Waals surface area contributed by atoms with Crippen LogP contribution in [0.3, 0.4) is 0 Å². The fourth-order valence-corrected chi connectivity index (χ4v) is 0.538. The van der Waals surface area contributed by atoms with Gasteiger partial charge in [0.15, 0.2) is 0 Å². The number of carboxylic acids is 1. The largest absolute Gasteiger partial charge is 0.480 e. The van der Waals surface area contributed by atoms with Gasteiger partial charge < -0.3 is 20.5 Å². The van der Waals surface area contributed by atoms with E-state index in [0.717, 1.165) is 0 Å². The molecule has 0 radical (unpaired) electrons. The molecule has 76 valence electrons. The summed E-state index contributed by atoms with van der Waals surface area (Å²) in [5.74, 6) is -1.07. The van der Waals surface area contributed by atoms with E-state index in [1.807, 2.05) is 0 Å². The second-order valence-electron chi connectivity index (χ2n) is 2.50. The van der Waals surface area contributed by atoms with Crippen LogP contribution in [0.5, 0.6) is 0 Å². The van der Waals surface area contributed by atoms with E-state index < -0.39 is 12.0 Å². The quantitative estimate of drug-likeness (QED) is 0.540. The normalized spacial score (nSPS) is 11.8. The Kier molecular flexibility index (Phi) is 5.62. The lowest BCUT2D eigenvalue weighted by molar-refractivity contribution is -0.135. The van der Waals surface area contributed by atoms with E-state index in [2.05, 4.69) is 10.6 Å². The number of hydrogen-bond donors (Lipinski definition) is 3. The van der Waals surface area contributed by atoms with Crippen molar-refractivity contribution in [1.82, 2.24) is 10.6 Å². The van der Waals surface area contributed by atoms with Gasteiger partial charge in [-0.2, -0.15) is 0 Å². The Morgan fingerprint density at radius 3 is 2.54 bits per heavy atom. The highest BCUT2D eigenvalue weighted by Crippen LogP contribution is 1.82. The van der Waals surface area contributed by atoms with Crippen LogP contribution >= 0.6 is 0 Å². The number of carbonyl (C=O) groups excluding carboxylic acids is 1. The molecule has 0 heterocycles. The van der Waals surface area contributed by atoms with Crippen molar-refractivity contribution in [3.05, 3.63) is 0 Å². The van der Waals surface area contributed by atoms with Crippen LogP contribution in [-0.2, 0) is 9.53 Å². The van der Waals surface area contributed by atoms with Crippen LogP contribution in [0.2, 0.25) is 0 Å². The molecule has 0 aromatic carbocycles. The van der Waals surface area contributed by atoms with Crippen LogP contribution in [0.1, 0.15) is 6.92 Å². The smallest absolute Gasteiger partial charge is 0.323 e. The van der Waals surface area contributed by atoms with Crippen LogP contribution < -0.4 is 10.6 Å².